The summed E-state index contributed by atoms with van der Waals surface area (Å²) < 4.78 is 24.3. The van der Waals surface area contributed by atoms with E-state index in [0.717, 1.165) is 5.39 Å². The molecule has 1 aromatic carbocycles. The van der Waals surface area contributed by atoms with Crippen molar-refractivity contribution in [1.82, 2.24) is 4.98 Å². The largest absolute Gasteiger partial charge is 0.357 e. The van der Waals surface area contributed by atoms with Crippen LogP contribution < -0.4 is 0 Å². The number of aromatic nitrogens is 1. The first-order valence-corrected chi connectivity index (χ1v) is 3.81. The second-order valence-corrected chi connectivity index (χ2v) is 2.65. The number of para-hydroxylation sites is 1. The summed E-state index contributed by atoms with van der Waals surface area (Å²) in [4.78, 5) is 3.79. The second kappa shape index (κ2) is 3.09. The Labute approximate surface area is 74.0 Å². The number of rotatable bonds is 1. The van der Waals surface area contributed by atoms with Crippen LogP contribution in [0, 0.1) is 6.43 Å². The molecule has 0 unspecified atom stereocenters. The topological polar surface area (TPSA) is 12.9 Å². The molecule has 1 radical (unpaired) electrons. The molecule has 0 fully saturated rings. The highest BCUT2D eigenvalue weighted by Crippen LogP contribution is 2.18. The lowest BCUT2D eigenvalue weighted by Crippen LogP contribution is -1.90. The van der Waals surface area contributed by atoms with Gasteiger partial charge in [-0.05, 0) is 12.1 Å². The average molecular weight is 178 g/mol. The summed E-state index contributed by atoms with van der Waals surface area (Å²) in [5.41, 5.74) is 0.339. The Morgan fingerprint density at radius 1 is 1.00 bits per heavy atom. The van der Waals surface area contributed by atoms with E-state index in [1.807, 2.05) is 12.1 Å². The van der Waals surface area contributed by atoms with E-state index in [2.05, 4.69) is 4.98 Å². The maximum Gasteiger partial charge on any atom is 0.357 e. The molecule has 0 amide bonds. The van der Waals surface area contributed by atoms with Crippen LogP contribution in [0.15, 0.2) is 36.4 Å². The van der Waals surface area contributed by atoms with Crippen LogP contribution in [0.3, 0.4) is 0 Å². The number of hydrogen-bond donors (Lipinski definition) is 0. The molecule has 0 aliphatic heterocycles. The predicted molar refractivity (Wildman–Crippen MR) is 46.3 cm³/mol. The molecule has 65 valence electrons. The Kier molecular flexibility index (Phi) is 1.93. The van der Waals surface area contributed by atoms with Crippen molar-refractivity contribution in [2.45, 2.75) is 0 Å². The van der Waals surface area contributed by atoms with Crippen molar-refractivity contribution in [1.29, 1.82) is 0 Å². The molecular formula is C10H6F2N. The zero-order valence-corrected chi connectivity index (χ0v) is 6.67. The molecule has 0 saturated heterocycles. The fraction of sp³-hybridized carbons (Fsp3) is 0. The molecule has 0 bridgehead atoms. The molecule has 0 atom stereocenters. The van der Waals surface area contributed by atoms with Crippen molar-refractivity contribution in [2.24, 2.45) is 0 Å². The number of benzene rings is 1. The summed E-state index contributed by atoms with van der Waals surface area (Å²) in [6.45, 7) is 0. The van der Waals surface area contributed by atoms with Gasteiger partial charge in [-0.1, -0.05) is 24.3 Å². The Bertz CT molecular complexity index is 426. The predicted octanol–water partition coefficient (Wildman–Crippen LogP) is 3.01. The third kappa shape index (κ3) is 1.49. The van der Waals surface area contributed by atoms with Gasteiger partial charge in [-0.3, -0.25) is 0 Å². The summed E-state index contributed by atoms with van der Waals surface area (Å²) in [6, 6.07) is 10.1. The van der Waals surface area contributed by atoms with Gasteiger partial charge in [-0.2, -0.15) is 8.78 Å². The van der Waals surface area contributed by atoms with Crippen LogP contribution in [0.1, 0.15) is 5.69 Å². The monoisotopic (exact) mass is 178 g/mol. The second-order valence-electron chi connectivity index (χ2n) is 2.65. The number of hydrogen-bond acceptors (Lipinski definition) is 1. The Balaban J connectivity index is 2.62. The zero-order valence-electron chi connectivity index (χ0n) is 6.67. The average Bonchev–Trinajstić information content (AvgIpc) is 2.17. The number of nitrogens with zero attached hydrogens (tertiary/aromatic N) is 1. The number of pyridine rings is 1. The summed E-state index contributed by atoms with van der Waals surface area (Å²) >= 11 is 0. The van der Waals surface area contributed by atoms with Crippen molar-refractivity contribution < 1.29 is 8.78 Å². The van der Waals surface area contributed by atoms with Gasteiger partial charge in [0.05, 0.1) is 5.52 Å². The minimum absolute atomic E-state index is 0.251. The van der Waals surface area contributed by atoms with Crippen molar-refractivity contribution in [2.75, 3.05) is 0 Å². The van der Waals surface area contributed by atoms with E-state index < -0.39 is 6.43 Å². The van der Waals surface area contributed by atoms with Crippen molar-refractivity contribution in [3.05, 3.63) is 48.5 Å². The first-order valence-electron chi connectivity index (χ1n) is 3.81. The molecule has 0 N–H and O–H groups in total. The molecule has 0 aliphatic carbocycles. The molecule has 1 heterocycles. The van der Waals surface area contributed by atoms with Gasteiger partial charge >= 0.3 is 6.43 Å². The standard InChI is InChI=1S/C10H6F2N/c11-10(12)9-6-5-7-3-1-2-4-8(7)13-9/h1-6H. The van der Waals surface area contributed by atoms with Gasteiger partial charge in [-0.15, -0.1) is 0 Å². The van der Waals surface area contributed by atoms with Gasteiger partial charge < -0.3 is 0 Å². The highest BCUT2D eigenvalue weighted by atomic mass is 19.3. The highest BCUT2D eigenvalue weighted by molar-refractivity contribution is 5.78. The number of fused-ring (bicyclic) bond motifs is 1. The van der Waals surface area contributed by atoms with Crippen LogP contribution >= 0.6 is 0 Å². The lowest BCUT2D eigenvalue weighted by molar-refractivity contribution is 0.320. The molecule has 0 saturated carbocycles. The quantitative estimate of drug-likeness (QED) is 0.654. The fourth-order valence-corrected chi connectivity index (χ4v) is 1.17. The first kappa shape index (κ1) is 8.10. The third-order valence-corrected chi connectivity index (χ3v) is 1.79. The molecule has 13 heavy (non-hydrogen) atoms. The summed E-state index contributed by atoms with van der Waals surface area (Å²) in [6.07, 6.45) is -1.74. The SMILES string of the molecule is F[C](F)c1ccc2ccccc2n1. The van der Waals surface area contributed by atoms with Crippen molar-refractivity contribution >= 4 is 10.9 Å². The molecule has 1 aromatic heterocycles. The van der Waals surface area contributed by atoms with Crippen molar-refractivity contribution in [3.63, 3.8) is 0 Å². The van der Waals surface area contributed by atoms with Gasteiger partial charge in [0.1, 0.15) is 5.69 Å². The van der Waals surface area contributed by atoms with E-state index >= 15 is 0 Å². The summed E-state index contributed by atoms with van der Waals surface area (Å²) in [5, 5.41) is 0.868. The molecule has 2 aromatic rings. The van der Waals surface area contributed by atoms with E-state index in [-0.39, 0.29) is 5.69 Å². The minimum Gasteiger partial charge on any atom is -0.246 e. The van der Waals surface area contributed by atoms with Crippen LogP contribution in [0.2, 0.25) is 0 Å². The van der Waals surface area contributed by atoms with Crippen molar-refractivity contribution in [3.8, 4) is 0 Å². The van der Waals surface area contributed by atoms with E-state index in [0.29, 0.717) is 5.52 Å². The molecule has 3 heteroatoms. The van der Waals surface area contributed by atoms with E-state index in [9.17, 15) is 8.78 Å². The van der Waals surface area contributed by atoms with Gasteiger partial charge in [0.25, 0.3) is 0 Å². The van der Waals surface area contributed by atoms with Crippen LogP contribution in [0.25, 0.3) is 10.9 Å². The van der Waals surface area contributed by atoms with Crippen LogP contribution in [-0.2, 0) is 0 Å². The Morgan fingerprint density at radius 2 is 1.77 bits per heavy atom. The van der Waals surface area contributed by atoms with Crippen LogP contribution in [-0.4, -0.2) is 4.98 Å². The smallest absolute Gasteiger partial charge is 0.246 e. The fourth-order valence-electron chi connectivity index (χ4n) is 1.17. The third-order valence-electron chi connectivity index (χ3n) is 1.79. The molecular weight excluding hydrogens is 172 g/mol. The van der Waals surface area contributed by atoms with Gasteiger partial charge in [-0.25, -0.2) is 4.98 Å². The van der Waals surface area contributed by atoms with Gasteiger partial charge in [0, 0.05) is 5.39 Å². The molecule has 0 spiro atoms. The van der Waals surface area contributed by atoms with E-state index in [1.165, 1.54) is 6.07 Å². The lowest BCUT2D eigenvalue weighted by atomic mass is 10.2. The molecule has 2 rings (SSSR count). The van der Waals surface area contributed by atoms with Gasteiger partial charge in [0.15, 0.2) is 0 Å². The van der Waals surface area contributed by atoms with Crippen LogP contribution in [0.5, 0.6) is 0 Å². The maximum atomic E-state index is 12.1. The summed E-state index contributed by atoms with van der Waals surface area (Å²) in [7, 11) is 0. The van der Waals surface area contributed by atoms with E-state index in [4.69, 9.17) is 0 Å². The first-order chi connectivity index (χ1) is 6.27. The highest BCUT2D eigenvalue weighted by Gasteiger charge is 2.10. The Morgan fingerprint density at radius 3 is 2.54 bits per heavy atom. The molecule has 1 nitrogen and oxygen atoms in total. The lowest BCUT2D eigenvalue weighted by Gasteiger charge is -1.99. The normalized spacial score (nSPS) is 11.0. The zero-order chi connectivity index (χ0) is 9.26. The van der Waals surface area contributed by atoms with Gasteiger partial charge in [0.2, 0.25) is 0 Å². The Hall–Kier alpha value is -1.51. The van der Waals surface area contributed by atoms with E-state index in [1.54, 1.807) is 18.2 Å². The van der Waals surface area contributed by atoms with Crippen LogP contribution in [0.4, 0.5) is 8.78 Å². The molecule has 0 aliphatic rings. The number of halogens is 2. The summed E-state index contributed by atoms with van der Waals surface area (Å²) in [5.74, 6) is 0. The maximum absolute atomic E-state index is 12.1. The minimum atomic E-state index is -1.74.